The SMILES string of the molecule is C/C=C(/N=C(N=C(C)c1cccc(-c2ccc3oc4ccccc4c3c2)c1)c1ccccc1)c1ccc(-n2c3ccccc3c3ccccc32)cc1. The largest absolute Gasteiger partial charge is 0.456 e. The average molecular weight is 670 g/mol. The number of furan rings is 1. The molecule has 0 radical (unpaired) electrons. The number of allylic oxidation sites excluding steroid dienone is 1. The molecule has 0 aliphatic carbocycles. The summed E-state index contributed by atoms with van der Waals surface area (Å²) >= 11 is 0. The zero-order valence-electron chi connectivity index (χ0n) is 29.0. The molecule has 4 heteroatoms. The fraction of sp³-hybridized carbons (Fsp3) is 0.0417. The maximum absolute atomic E-state index is 6.08. The van der Waals surface area contributed by atoms with Crippen molar-refractivity contribution in [1.82, 2.24) is 4.57 Å². The van der Waals surface area contributed by atoms with Gasteiger partial charge in [0.1, 0.15) is 11.2 Å². The second-order valence-electron chi connectivity index (χ2n) is 13.0. The summed E-state index contributed by atoms with van der Waals surface area (Å²) in [6, 6.07) is 59.2. The first kappa shape index (κ1) is 31.2. The van der Waals surface area contributed by atoms with Crippen molar-refractivity contribution in [3.05, 3.63) is 193 Å². The summed E-state index contributed by atoms with van der Waals surface area (Å²) in [5.74, 6) is 0.661. The second kappa shape index (κ2) is 13.2. The molecule has 0 spiro atoms. The molecule has 9 rings (SSSR count). The molecular formula is C48H35N3O. The molecule has 2 aromatic heterocycles. The molecule has 0 bridgehead atoms. The van der Waals surface area contributed by atoms with Crippen LogP contribution in [0.3, 0.4) is 0 Å². The molecular weight excluding hydrogens is 635 g/mol. The number of fused-ring (bicyclic) bond motifs is 6. The lowest BCUT2D eigenvalue weighted by atomic mass is 9.99. The maximum atomic E-state index is 6.08. The fourth-order valence-electron chi connectivity index (χ4n) is 7.19. The van der Waals surface area contributed by atoms with Gasteiger partial charge in [0.25, 0.3) is 0 Å². The summed E-state index contributed by atoms with van der Waals surface area (Å²) in [6.45, 7) is 4.09. The summed E-state index contributed by atoms with van der Waals surface area (Å²) in [7, 11) is 0. The summed E-state index contributed by atoms with van der Waals surface area (Å²) in [4.78, 5) is 10.4. The molecule has 9 aromatic rings. The minimum Gasteiger partial charge on any atom is -0.456 e. The van der Waals surface area contributed by atoms with Crippen molar-refractivity contribution in [2.75, 3.05) is 0 Å². The van der Waals surface area contributed by atoms with Gasteiger partial charge < -0.3 is 8.98 Å². The van der Waals surface area contributed by atoms with Gasteiger partial charge >= 0.3 is 0 Å². The average Bonchev–Trinajstić information content (AvgIpc) is 3.75. The zero-order chi connectivity index (χ0) is 35.0. The van der Waals surface area contributed by atoms with Gasteiger partial charge in [-0.05, 0) is 79.1 Å². The molecule has 0 saturated heterocycles. The van der Waals surface area contributed by atoms with Crippen LogP contribution in [0, 0.1) is 0 Å². The van der Waals surface area contributed by atoms with Crippen LogP contribution in [-0.4, -0.2) is 16.1 Å². The number of benzene rings is 7. The van der Waals surface area contributed by atoms with Crippen molar-refractivity contribution in [2.24, 2.45) is 9.98 Å². The third-order valence-electron chi connectivity index (χ3n) is 9.80. The Bertz CT molecular complexity index is 2800. The monoisotopic (exact) mass is 669 g/mol. The van der Waals surface area contributed by atoms with Gasteiger partial charge in [0, 0.05) is 44.1 Å². The maximum Gasteiger partial charge on any atom is 0.160 e. The van der Waals surface area contributed by atoms with E-state index in [1.165, 1.54) is 21.8 Å². The number of rotatable bonds is 6. The molecule has 0 aliphatic heterocycles. The predicted molar refractivity (Wildman–Crippen MR) is 219 cm³/mol. The minimum absolute atomic E-state index is 0.661. The van der Waals surface area contributed by atoms with E-state index in [1.54, 1.807) is 0 Å². The Hall–Kier alpha value is -6.78. The highest BCUT2D eigenvalue weighted by Crippen LogP contribution is 2.34. The van der Waals surface area contributed by atoms with Crippen molar-refractivity contribution in [1.29, 1.82) is 0 Å². The Morgan fingerprint density at radius 1 is 0.500 bits per heavy atom. The summed E-state index contributed by atoms with van der Waals surface area (Å²) in [6.07, 6.45) is 2.06. The fourth-order valence-corrected chi connectivity index (χ4v) is 7.19. The zero-order valence-corrected chi connectivity index (χ0v) is 29.0. The number of aromatic nitrogens is 1. The highest BCUT2D eigenvalue weighted by Gasteiger charge is 2.13. The first-order valence-corrected chi connectivity index (χ1v) is 17.6. The molecule has 7 aromatic carbocycles. The van der Waals surface area contributed by atoms with Crippen molar-refractivity contribution < 1.29 is 4.42 Å². The van der Waals surface area contributed by atoms with Crippen molar-refractivity contribution in [3.63, 3.8) is 0 Å². The number of hydrogen-bond acceptors (Lipinski definition) is 2. The molecule has 0 N–H and O–H groups in total. The van der Waals surface area contributed by atoms with Gasteiger partial charge in [0.2, 0.25) is 0 Å². The van der Waals surface area contributed by atoms with Gasteiger partial charge in [-0.2, -0.15) is 0 Å². The standard InChI is InChI=1S/C48H35N3O/c1-3-43(33-24-27-38(28-25-33)51-44-21-10-7-18-39(44)40-19-8-11-22-45(40)51)50-48(34-14-5-4-6-15-34)49-32(2)35-16-13-17-36(30-35)37-26-29-47-42(31-37)41-20-9-12-23-46(41)52-47/h3-31H,1-2H3/b43-3+,49-32?,50-48?. The lowest BCUT2D eigenvalue weighted by Crippen LogP contribution is -2.04. The molecule has 52 heavy (non-hydrogen) atoms. The number of amidine groups is 1. The summed E-state index contributed by atoms with van der Waals surface area (Å²) in [5.41, 5.74) is 12.3. The van der Waals surface area contributed by atoms with Crippen LogP contribution in [0.15, 0.2) is 190 Å². The van der Waals surface area contributed by atoms with Crippen LogP contribution >= 0.6 is 0 Å². The van der Waals surface area contributed by atoms with E-state index in [9.17, 15) is 0 Å². The molecule has 0 unspecified atom stereocenters. The van der Waals surface area contributed by atoms with Gasteiger partial charge in [-0.3, -0.25) is 0 Å². The van der Waals surface area contributed by atoms with E-state index in [0.29, 0.717) is 5.84 Å². The second-order valence-corrected chi connectivity index (χ2v) is 13.0. The normalized spacial score (nSPS) is 12.8. The van der Waals surface area contributed by atoms with E-state index in [0.717, 1.165) is 66.9 Å². The van der Waals surface area contributed by atoms with E-state index >= 15 is 0 Å². The van der Waals surface area contributed by atoms with Crippen LogP contribution in [-0.2, 0) is 0 Å². The van der Waals surface area contributed by atoms with E-state index < -0.39 is 0 Å². The smallest absolute Gasteiger partial charge is 0.160 e. The van der Waals surface area contributed by atoms with Crippen LogP contribution in [0.5, 0.6) is 0 Å². The molecule has 0 fully saturated rings. The van der Waals surface area contributed by atoms with Crippen LogP contribution in [0.2, 0.25) is 0 Å². The third-order valence-corrected chi connectivity index (χ3v) is 9.80. The van der Waals surface area contributed by atoms with Gasteiger partial charge in [-0.1, -0.05) is 127 Å². The first-order chi connectivity index (χ1) is 25.6. The summed E-state index contributed by atoms with van der Waals surface area (Å²) in [5, 5.41) is 4.74. The Kier molecular flexibility index (Phi) is 7.90. The number of aliphatic imine (C=N–C) groups is 2. The van der Waals surface area contributed by atoms with E-state index in [1.807, 2.05) is 37.3 Å². The van der Waals surface area contributed by atoms with E-state index in [2.05, 4.69) is 157 Å². The quantitative estimate of drug-likeness (QED) is 0.128. The molecule has 0 aliphatic rings. The number of nitrogens with zero attached hydrogens (tertiary/aromatic N) is 3. The molecule has 248 valence electrons. The Balaban J connectivity index is 1.07. The van der Waals surface area contributed by atoms with Crippen molar-refractivity contribution >= 4 is 61.0 Å². The van der Waals surface area contributed by atoms with Crippen LogP contribution in [0.4, 0.5) is 0 Å². The minimum atomic E-state index is 0.661. The van der Waals surface area contributed by atoms with Crippen molar-refractivity contribution in [2.45, 2.75) is 13.8 Å². The topological polar surface area (TPSA) is 42.8 Å². The van der Waals surface area contributed by atoms with Crippen LogP contribution in [0.1, 0.15) is 30.5 Å². The van der Waals surface area contributed by atoms with Crippen molar-refractivity contribution in [3.8, 4) is 16.8 Å². The third kappa shape index (κ3) is 5.61. The van der Waals surface area contributed by atoms with Gasteiger partial charge in [-0.25, -0.2) is 9.98 Å². The first-order valence-electron chi connectivity index (χ1n) is 17.6. The molecule has 0 amide bonds. The van der Waals surface area contributed by atoms with Gasteiger partial charge in [-0.15, -0.1) is 0 Å². The Morgan fingerprint density at radius 2 is 1.12 bits per heavy atom. The van der Waals surface area contributed by atoms with Gasteiger partial charge in [0.05, 0.1) is 16.7 Å². The van der Waals surface area contributed by atoms with Gasteiger partial charge in [0.15, 0.2) is 5.84 Å². The van der Waals surface area contributed by atoms with E-state index in [-0.39, 0.29) is 0 Å². The molecule has 0 saturated carbocycles. The summed E-state index contributed by atoms with van der Waals surface area (Å²) < 4.78 is 8.41. The van der Waals surface area contributed by atoms with Crippen LogP contribution in [0.25, 0.3) is 66.3 Å². The van der Waals surface area contributed by atoms with Crippen LogP contribution < -0.4 is 0 Å². The number of para-hydroxylation sites is 3. The molecule has 2 heterocycles. The lowest BCUT2D eigenvalue weighted by molar-refractivity contribution is 0.669. The predicted octanol–water partition coefficient (Wildman–Crippen LogP) is 12.7. The molecule has 4 nitrogen and oxygen atoms in total. The Labute approximate surface area is 302 Å². The highest BCUT2D eigenvalue weighted by atomic mass is 16.3. The Morgan fingerprint density at radius 3 is 1.85 bits per heavy atom. The highest BCUT2D eigenvalue weighted by molar-refractivity contribution is 6.13. The molecule has 0 atom stereocenters. The number of hydrogen-bond donors (Lipinski definition) is 0. The van der Waals surface area contributed by atoms with E-state index in [4.69, 9.17) is 14.4 Å². The lowest BCUT2D eigenvalue weighted by Gasteiger charge is -2.11.